The van der Waals surface area contributed by atoms with Crippen molar-refractivity contribution in [3.63, 3.8) is 0 Å². The molecule has 1 atom stereocenters. The van der Waals surface area contributed by atoms with Crippen LogP contribution in [0.25, 0.3) is 0 Å². The predicted molar refractivity (Wildman–Crippen MR) is 63.8 cm³/mol. The minimum absolute atomic E-state index is 0.551. The molecule has 1 aromatic carbocycles. The Hall–Kier alpha value is -0.860. The number of rotatable bonds is 3. The van der Waals surface area contributed by atoms with Crippen LogP contribution in [0, 0.1) is 0 Å². The van der Waals surface area contributed by atoms with Gasteiger partial charge < -0.3 is 5.32 Å². The maximum atomic E-state index is 3.49. The normalized spacial score (nSPS) is 20.3. The number of nitrogens with one attached hydrogen (secondary N) is 1. The quantitative estimate of drug-likeness (QED) is 0.811. The average molecular weight is 204 g/mol. The molecule has 2 heteroatoms. The highest BCUT2D eigenvalue weighted by molar-refractivity contribution is 5.32. The lowest BCUT2D eigenvalue weighted by Gasteiger charge is -2.33. The molecule has 1 unspecified atom stereocenters. The van der Waals surface area contributed by atoms with Crippen LogP contribution < -0.4 is 5.32 Å². The Morgan fingerprint density at radius 1 is 1.40 bits per heavy atom. The molecule has 0 amide bonds. The molecule has 0 spiro atoms. The van der Waals surface area contributed by atoms with Gasteiger partial charge in [0.05, 0.1) is 0 Å². The fraction of sp³-hybridized carbons (Fsp3) is 0.538. The molecule has 1 aromatic rings. The highest BCUT2D eigenvalue weighted by Gasteiger charge is 2.22. The van der Waals surface area contributed by atoms with E-state index in [4.69, 9.17) is 0 Å². The number of hydrogen-bond acceptors (Lipinski definition) is 2. The zero-order valence-electron chi connectivity index (χ0n) is 9.66. The Morgan fingerprint density at radius 2 is 2.20 bits per heavy atom. The molecule has 0 saturated heterocycles. The summed E-state index contributed by atoms with van der Waals surface area (Å²) in [6.07, 6.45) is 1.22. The molecule has 0 fully saturated rings. The summed E-state index contributed by atoms with van der Waals surface area (Å²) < 4.78 is 0. The second kappa shape index (κ2) is 4.77. The van der Waals surface area contributed by atoms with Crippen LogP contribution >= 0.6 is 0 Å². The van der Waals surface area contributed by atoms with Crippen LogP contribution in [0.3, 0.4) is 0 Å². The number of fused-ring (bicyclic) bond motifs is 1. The molecule has 1 aliphatic heterocycles. The van der Waals surface area contributed by atoms with E-state index >= 15 is 0 Å². The van der Waals surface area contributed by atoms with Crippen LogP contribution in [-0.4, -0.2) is 25.0 Å². The molecule has 1 N–H and O–H groups in total. The number of benzene rings is 1. The van der Waals surface area contributed by atoms with Gasteiger partial charge in [0.25, 0.3) is 0 Å². The molecule has 1 heterocycles. The second-order valence-corrected chi connectivity index (χ2v) is 4.33. The van der Waals surface area contributed by atoms with Crippen molar-refractivity contribution in [3.05, 3.63) is 35.4 Å². The van der Waals surface area contributed by atoms with Gasteiger partial charge in [-0.2, -0.15) is 0 Å². The van der Waals surface area contributed by atoms with Crippen molar-refractivity contribution in [3.8, 4) is 0 Å². The largest absolute Gasteiger partial charge is 0.311 e. The molecule has 2 rings (SSSR count). The van der Waals surface area contributed by atoms with E-state index in [1.54, 1.807) is 0 Å². The van der Waals surface area contributed by atoms with E-state index in [1.165, 1.54) is 24.1 Å². The molecular weight excluding hydrogens is 184 g/mol. The Labute approximate surface area is 92.3 Å². The smallest absolute Gasteiger partial charge is 0.0472 e. The lowest BCUT2D eigenvalue weighted by Crippen LogP contribution is -2.38. The molecule has 0 radical (unpaired) electrons. The molecule has 82 valence electrons. The first-order valence-electron chi connectivity index (χ1n) is 5.81. The summed E-state index contributed by atoms with van der Waals surface area (Å²) in [5.74, 6) is 0. The molecule has 0 aromatic heterocycles. The van der Waals surface area contributed by atoms with Gasteiger partial charge >= 0.3 is 0 Å². The molecule has 0 aliphatic carbocycles. The van der Waals surface area contributed by atoms with E-state index in [-0.39, 0.29) is 0 Å². The van der Waals surface area contributed by atoms with Gasteiger partial charge in [0.15, 0.2) is 0 Å². The number of hydrogen-bond donors (Lipinski definition) is 1. The van der Waals surface area contributed by atoms with Crippen molar-refractivity contribution >= 4 is 0 Å². The zero-order valence-corrected chi connectivity index (χ0v) is 9.66. The summed E-state index contributed by atoms with van der Waals surface area (Å²) in [6, 6.07) is 9.33. The third-order valence-corrected chi connectivity index (χ3v) is 3.18. The van der Waals surface area contributed by atoms with Crippen molar-refractivity contribution < 1.29 is 0 Å². The fourth-order valence-electron chi connectivity index (χ4n) is 2.38. The van der Waals surface area contributed by atoms with Crippen LogP contribution in [0.1, 0.15) is 30.5 Å². The van der Waals surface area contributed by atoms with Crippen molar-refractivity contribution in [1.29, 1.82) is 0 Å². The van der Waals surface area contributed by atoms with E-state index in [1.807, 2.05) is 0 Å². The van der Waals surface area contributed by atoms with Crippen molar-refractivity contribution in [2.24, 2.45) is 0 Å². The highest BCUT2D eigenvalue weighted by Crippen LogP contribution is 2.25. The van der Waals surface area contributed by atoms with Gasteiger partial charge in [0, 0.05) is 19.1 Å². The van der Waals surface area contributed by atoms with Gasteiger partial charge in [-0.05, 0) is 31.1 Å². The van der Waals surface area contributed by atoms with Gasteiger partial charge in [-0.1, -0.05) is 31.2 Å². The standard InChI is InChI=1S/C13H20N2/c1-3-8-15(2)13-10-14-9-11-6-4-5-7-12(11)13/h4-7,13-14H,3,8-10H2,1-2H3. The summed E-state index contributed by atoms with van der Waals surface area (Å²) >= 11 is 0. The summed E-state index contributed by atoms with van der Waals surface area (Å²) in [7, 11) is 2.22. The van der Waals surface area contributed by atoms with Gasteiger partial charge in [0.1, 0.15) is 0 Å². The molecule has 0 bridgehead atoms. The first-order valence-corrected chi connectivity index (χ1v) is 5.81. The minimum atomic E-state index is 0.551. The van der Waals surface area contributed by atoms with Crippen molar-refractivity contribution in [1.82, 2.24) is 10.2 Å². The van der Waals surface area contributed by atoms with Gasteiger partial charge in [-0.3, -0.25) is 4.90 Å². The van der Waals surface area contributed by atoms with E-state index in [2.05, 4.69) is 48.5 Å². The number of likely N-dealkylation sites (N-methyl/N-ethyl adjacent to an activating group) is 1. The first kappa shape index (κ1) is 10.7. The summed E-state index contributed by atoms with van der Waals surface area (Å²) in [6.45, 7) is 5.50. The van der Waals surface area contributed by atoms with Gasteiger partial charge in [0.2, 0.25) is 0 Å². The molecule has 2 nitrogen and oxygen atoms in total. The van der Waals surface area contributed by atoms with E-state index in [9.17, 15) is 0 Å². The van der Waals surface area contributed by atoms with Crippen LogP contribution in [0.15, 0.2) is 24.3 Å². The summed E-state index contributed by atoms with van der Waals surface area (Å²) in [5, 5.41) is 3.49. The van der Waals surface area contributed by atoms with Crippen LogP contribution in [0.2, 0.25) is 0 Å². The Bertz CT molecular complexity index is 322. The lowest BCUT2D eigenvalue weighted by atomic mass is 9.96. The minimum Gasteiger partial charge on any atom is -0.311 e. The Balaban J connectivity index is 2.21. The third kappa shape index (κ3) is 2.21. The van der Waals surface area contributed by atoms with Crippen LogP contribution in [0.4, 0.5) is 0 Å². The van der Waals surface area contributed by atoms with E-state index in [0.29, 0.717) is 6.04 Å². The predicted octanol–water partition coefficient (Wildman–Crippen LogP) is 2.17. The van der Waals surface area contributed by atoms with Gasteiger partial charge in [-0.25, -0.2) is 0 Å². The zero-order chi connectivity index (χ0) is 10.7. The highest BCUT2D eigenvalue weighted by atomic mass is 15.2. The Kier molecular flexibility index (Phi) is 3.39. The summed E-state index contributed by atoms with van der Waals surface area (Å²) in [5.41, 5.74) is 2.96. The van der Waals surface area contributed by atoms with E-state index < -0.39 is 0 Å². The van der Waals surface area contributed by atoms with E-state index in [0.717, 1.165) is 13.1 Å². The summed E-state index contributed by atoms with van der Waals surface area (Å²) in [4.78, 5) is 2.45. The SMILES string of the molecule is CCCN(C)C1CNCc2ccccc21. The number of nitrogens with zero attached hydrogens (tertiary/aromatic N) is 1. The maximum Gasteiger partial charge on any atom is 0.0472 e. The molecular formula is C13H20N2. The molecule has 0 saturated carbocycles. The Morgan fingerprint density at radius 3 is 3.00 bits per heavy atom. The molecule has 15 heavy (non-hydrogen) atoms. The van der Waals surface area contributed by atoms with Gasteiger partial charge in [-0.15, -0.1) is 0 Å². The average Bonchev–Trinajstić information content (AvgIpc) is 2.28. The maximum absolute atomic E-state index is 3.49. The monoisotopic (exact) mass is 204 g/mol. The van der Waals surface area contributed by atoms with Crippen molar-refractivity contribution in [2.45, 2.75) is 25.9 Å². The topological polar surface area (TPSA) is 15.3 Å². The third-order valence-electron chi connectivity index (χ3n) is 3.18. The van der Waals surface area contributed by atoms with Crippen molar-refractivity contribution in [2.75, 3.05) is 20.1 Å². The fourth-order valence-corrected chi connectivity index (χ4v) is 2.38. The first-order chi connectivity index (χ1) is 7.33. The molecule has 1 aliphatic rings. The second-order valence-electron chi connectivity index (χ2n) is 4.33. The van der Waals surface area contributed by atoms with Crippen LogP contribution in [-0.2, 0) is 6.54 Å². The lowest BCUT2D eigenvalue weighted by molar-refractivity contribution is 0.229. The van der Waals surface area contributed by atoms with Crippen LogP contribution in [0.5, 0.6) is 0 Å².